The molecule has 0 fully saturated rings. The van der Waals surface area contributed by atoms with Crippen LogP contribution in [0.2, 0.25) is 0 Å². The number of rotatable bonds is 6. The predicted molar refractivity (Wildman–Crippen MR) is 71.6 cm³/mol. The van der Waals surface area contributed by atoms with Gasteiger partial charge in [0.15, 0.2) is 0 Å². The first-order valence-corrected chi connectivity index (χ1v) is 7.01. The van der Waals surface area contributed by atoms with Crippen molar-refractivity contribution in [2.45, 2.75) is 53.4 Å². The summed E-state index contributed by atoms with van der Waals surface area (Å²) < 4.78 is 8.25. The molecule has 2 N–H and O–H groups in total. The minimum atomic E-state index is -0.255. The molecule has 0 spiro atoms. The quantitative estimate of drug-likeness (QED) is 0.584. The van der Waals surface area contributed by atoms with E-state index in [0.29, 0.717) is 0 Å². The third kappa shape index (κ3) is 18.8. The van der Waals surface area contributed by atoms with Gasteiger partial charge in [-0.25, -0.2) is 0 Å². The second kappa shape index (κ2) is 13.9. The SMILES string of the molecule is CCCC(C)(CO)CO.[CH2-]C([CH2-])(C)CCC.[O]=[Ti+2]. The molecule has 0 aromatic heterocycles. The molecule has 0 saturated carbocycles. The van der Waals surface area contributed by atoms with Gasteiger partial charge in [-0.1, -0.05) is 33.6 Å². The zero-order chi connectivity index (χ0) is 15.2. The first kappa shape index (κ1) is 23.5. The first-order valence-electron chi connectivity index (χ1n) is 6.37. The Morgan fingerprint density at radius 3 is 1.33 bits per heavy atom. The fourth-order valence-corrected chi connectivity index (χ4v) is 1.42. The Balaban J connectivity index is -0.000000225. The van der Waals surface area contributed by atoms with E-state index in [1.54, 1.807) is 0 Å². The molecule has 0 aromatic carbocycles. The summed E-state index contributed by atoms with van der Waals surface area (Å²) in [6.45, 7) is 16.0. The van der Waals surface area contributed by atoms with Crippen LogP contribution in [0.4, 0.5) is 0 Å². The van der Waals surface area contributed by atoms with Crippen LogP contribution in [0.3, 0.4) is 0 Å². The van der Waals surface area contributed by atoms with Crippen LogP contribution in [0.25, 0.3) is 0 Å². The second-order valence-corrected chi connectivity index (χ2v) is 5.44. The van der Waals surface area contributed by atoms with Gasteiger partial charge in [-0.3, -0.25) is 5.41 Å². The number of hydrogen-bond acceptors (Lipinski definition) is 3. The van der Waals surface area contributed by atoms with E-state index in [-0.39, 0.29) is 24.0 Å². The van der Waals surface area contributed by atoms with Crippen molar-refractivity contribution in [1.82, 2.24) is 0 Å². The van der Waals surface area contributed by atoms with Crippen molar-refractivity contribution in [3.63, 3.8) is 0 Å². The molecular weight excluding hydrogens is 264 g/mol. The van der Waals surface area contributed by atoms with Crippen molar-refractivity contribution in [1.29, 1.82) is 0 Å². The number of hydrogen-bond donors (Lipinski definition) is 2. The summed E-state index contributed by atoms with van der Waals surface area (Å²) in [5.74, 6) is 0. The van der Waals surface area contributed by atoms with Gasteiger partial charge in [0.1, 0.15) is 0 Å². The molecule has 0 aromatic rings. The van der Waals surface area contributed by atoms with Crippen molar-refractivity contribution in [2.24, 2.45) is 10.8 Å². The maximum absolute atomic E-state index is 8.76. The van der Waals surface area contributed by atoms with Crippen LogP contribution in [0.5, 0.6) is 0 Å². The van der Waals surface area contributed by atoms with E-state index < -0.39 is 0 Å². The van der Waals surface area contributed by atoms with Gasteiger partial charge in [0.05, 0.1) is 13.2 Å². The molecular formula is C14H30O3Ti. The Bertz CT molecular complexity index is 163. The zero-order valence-corrected chi connectivity index (χ0v) is 14.0. The maximum atomic E-state index is 8.76. The summed E-state index contributed by atoms with van der Waals surface area (Å²) in [7, 11) is 0. The number of aliphatic hydroxyl groups is 2. The standard InChI is InChI=1S/C7H16O2.C7H14.O.Ti/c1-3-4-7(2,5-8)6-9;1-5-6-7(2,3)4;;/h8-9H,3-6H2,1-2H3;2-3,5-6H2,1,4H3;;/q;-2;;+2. The van der Waals surface area contributed by atoms with Gasteiger partial charge >= 0.3 is 23.7 Å². The van der Waals surface area contributed by atoms with E-state index >= 15 is 0 Å². The molecule has 0 bridgehead atoms. The summed E-state index contributed by atoms with van der Waals surface area (Å²) in [6.07, 6.45) is 4.20. The molecule has 0 unspecified atom stereocenters. The molecule has 0 heterocycles. The zero-order valence-electron chi connectivity index (χ0n) is 12.5. The third-order valence-electron chi connectivity index (χ3n) is 2.47. The monoisotopic (exact) mass is 294 g/mol. The van der Waals surface area contributed by atoms with Crippen LogP contribution in [0.1, 0.15) is 53.4 Å². The Hall–Kier alpha value is 0.434. The molecule has 0 aliphatic carbocycles. The minimum absolute atomic E-state index is 0.0503. The fraction of sp³-hybridized carbons (Fsp3) is 0.857. The molecule has 0 radical (unpaired) electrons. The first-order chi connectivity index (χ1) is 8.24. The normalized spacial score (nSPS) is 11.0. The van der Waals surface area contributed by atoms with Gasteiger partial charge in [-0.15, -0.1) is 13.3 Å². The molecule has 0 aliphatic rings. The van der Waals surface area contributed by atoms with Crippen LogP contribution in [0, 0.1) is 24.7 Å². The molecule has 18 heavy (non-hydrogen) atoms. The Morgan fingerprint density at radius 1 is 0.944 bits per heavy atom. The molecule has 108 valence electrons. The van der Waals surface area contributed by atoms with Gasteiger partial charge in [-0.2, -0.15) is 0 Å². The molecule has 0 saturated heterocycles. The van der Waals surface area contributed by atoms with Gasteiger partial charge < -0.3 is 24.1 Å². The fourth-order valence-electron chi connectivity index (χ4n) is 1.42. The molecule has 0 rings (SSSR count). The Morgan fingerprint density at radius 2 is 1.28 bits per heavy atom. The summed E-state index contributed by atoms with van der Waals surface area (Å²) in [5.41, 5.74) is -0.205. The van der Waals surface area contributed by atoms with Gasteiger partial charge in [0.25, 0.3) is 0 Å². The molecule has 4 heteroatoms. The van der Waals surface area contributed by atoms with Crippen LogP contribution in [0.15, 0.2) is 0 Å². The van der Waals surface area contributed by atoms with Crippen molar-refractivity contribution < 1.29 is 33.9 Å². The average Bonchev–Trinajstić information content (AvgIpc) is 2.31. The van der Waals surface area contributed by atoms with E-state index in [4.69, 9.17) is 13.5 Å². The molecule has 3 nitrogen and oxygen atoms in total. The van der Waals surface area contributed by atoms with Crippen LogP contribution >= 0.6 is 0 Å². The third-order valence-corrected chi connectivity index (χ3v) is 2.47. The van der Waals surface area contributed by atoms with Crippen LogP contribution < -0.4 is 0 Å². The molecule has 0 atom stereocenters. The van der Waals surface area contributed by atoms with E-state index in [9.17, 15) is 0 Å². The van der Waals surface area contributed by atoms with E-state index in [0.717, 1.165) is 39.7 Å². The van der Waals surface area contributed by atoms with Crippen molar-refractivity contribution >= 4 is 0 Å². The van der Waals surface area contributed by atoms with E-state index in [1.807, 2.05) is 13.8 Å². The molecule has 0 amide bonds. The summed E-state index contributed by atoms with van der Waals surface area (Å²) in [4.78, 5) is 0. The van der Waals surface area contributed by atoms with Crippen molar-refractivity contribution in [2.75, 3.05) is 13.2 Å². The molecule has 0 aliphatic heterocycles. The Labute approximate surface area is 125 Å². The van der Waals surface area contributed by atoms with Crippen LogP contribution in [-0.2, 0) is 23.7 Å². The van der Waals surface area contributed by atoms with Gasteiger partial charge in [0.2, 0.25) is 0 Å². The van der Waals surface area contributed by atoms with Crippen molar-refractivity contribution in [3.8, 4) is 0 Å². The summed E-state index contributed by atoms with van der Waals surface area (Å²) in [5, 5.41) is 17.5. The van der Waals surface area contributed by atoms with E-state index in [2.05, 4.69) is 27.7 Å². The van der Waals surface area contributed by atoms with Gasteiger partial charge in [0, 0.05) is 5.41 Å². The van der Waals surface area contributed by atoms with Gasteiger partial charge in [-0.05, 0) is 6.42 Å². The predicted octanol–water partition coefficient (Wildman–Crippen LogP) is 3.12. The topological polar surface area (TPSA) is 57.5 Å². The summed E-state index contributed by atoms with van der Waals surface area (Å²) in [6, 6.07) is 0. The van der Waals surface area contributed by atoms with E-state index in [1.165, 1.54) is 6.42 Å². The summed E-state index contributed by atoms with van der Waals surface area (Å²) >= 11 is 0.750. The second-order valence-electron chi connectivity index (χ2n) is 5.44. The number of aliphatic hydroxyl groups excluding tert-OH is 2. The average molecular weight is 294 g/mol. The Kier molecular flexibility index (Phi) is 18.1. The van der Waals surface area contributed by atoms with Crippen molar-refractivity contribution in [3.05, 3.63) is 13.8 Å². The van der Waals surface area contributed by atoms with Crippen LogP contribution in [-0.4, -0.2) is 23.4 Å².